The van der Waals surface area contributed by atoms with E-state index in [0.717, 1.165) is 0 Å². The summed E-state index contributed by atoms with van der Waals surface area (Å²) in [7, 11) is 1.47. The lowest BCUT2D eigenvalue weighted by Gasteiger charge is -2.09. The number of esters is 1. The van der Waals surface area contributed by atoms with Gasteiger partial charge in [0.1, 0.15) is 11.5 Å². The van der Waals surface area contributed by atoms with Gasteiger partial charge < -0.3 is 19.9 Å². The highest BCUT2D eigenvalue weighted by Gasteiger charge is 2.08. The lowest BCUT2D eigenvalue weighted by molar-refractivity contribution is -0.143. The van der Waals surface area contributed by atoms with Gasteiger partial charge in [-0.25, -0.2) is 0 Å². The SMILES string of the molecule is CCOC(=O)CCOc1cc(OC)cc(C(N)=O)c1. The summed E-state index contributed by atoms with van der Waals surface area (Å²) in [6.45, 7) is 2.23. The fourth-order valence-corrected chi connectivity index (χ4v) is 1.40. The van der Waals surface area contributed by atoms with Crippen LogP contribution in [0.3, 0.4) is 0 Å². The highest BCUT2D eigenvalue weighted by molar-refractivity contribution is 5.93. The van der Waals surface area contributed by atoms with Crippen molar-refractivity contribution in [3.05, 3.63) is 23.8 Å². The summed E-state index contributed by atoms with van der Waals surface area (Å²) in [5, 5.41) is 0. The topological polar surface area (TPSA) is 87.8 Å². The Bertz CT molecular complexity index is 458. The molecule has 0 aliphatic carbocycles. The molecule has 6 heteroatoms. The van der Waals surface area contributed by atoms with Crippen LogP contribution in [0.1, 0.15) is 23.7 Å². The van der Waals surface area contributed by atoms with Crippen LogP contribution in [0.5, 0.6) is 11.5 Å². The fraction of sp³-hybridized carbons (Fsp3) is 0.385. The predicted molar refractivity (Wildman–Crippen MR) is 68.3 cm³/mol. The smallest absolute Gasteiger partial charge is 0.309 e. The van der Waals surface area contributed by atoms with Crippen LogP contribution in [-0.2, 0) is 9.53 Å². The standard InChI is InChI=1S/C13H17NO5/c1-3-18-12(15)4-5-19-11-7-9(13(14)16)6-10(8-11)17-2/h6-8H,3-5H2,1-2H3,(H2,14,16). The third kappa shape index (κ3) is 4.87. The second kappa shape index (κ2) is 7.25. The average Bonchev–Trinajstić information content (AvgIpc) is 2.38. The van der Waals surface area contributed by atoms with Crippen LogP contribution < -0.4 is 15.2 Å². The van der Waals surface area contributed by atoms with E-state index >= 15 is 0 Å². The maximum Gasteiger partial charge on any atom is 0.309 e. The summed E-state index contributed by atoms with van der Waals surface area (Å²) in [4.78, 5) is 22.3. The van der Waals surface area contributed by atoms with Gasteiger partial charge >= 0.3 is 5.97 Å². The van der Waals surface area contributed by atoms with E-state index in [-0.39, 0.29) is 24.6 Å². The van der Waals surface area contributed by atoms with Crippen molar-refractivity contribution < 1.29 is 23.8 Å². The van der Waals surface area contributed by atoms with Crippen molar-refractivity contribution in [1.29, 1.82) is 0 Å². The Balaban J connectivity index is 2.64. The van der Waals surface area contributed by atoms with E-state index in [1.807, 2.05) is 0 Å². The van der Waals surface area contributed by atoms with Gasteiger partial charge in [-0.3, -0.25) is 9.59 Å². The van der Waals surface area contributed by atoms with E-state index in [1.165, 1.54) is 19.2 Å². The third-order valence-corrected chi connectivity index (χ3v) is 2.28. The van der Waals surface area contributed by atoms with Crippen LogP contribution >= 0.6 is 0 Å². The molecule has 6 nitrogen and oxygen atoms in total. The molecule has 0 aliphatic heterocycles. The Morgan fingerprint density at radius 1 is 1.21 bits per heavy atom. The lowest BCUT2D eigenvalue weighted by Crippen LogP contribution is -2.12. The van der Waals surface area contributed by atoms with E-state index in [1.54, 1.807) is 13.0 Å². The average molecular weight is 267 g/mol. The third-order valence-electron chi connectivity index (χ3n) is 2.28. The largest absolute Gasteiger partial charge is 0.497 e. The molecule has 1 aromatic carbocycles. The quantitative estimate of drug-likeness (QED) is 0.748. The molecule has 0 saturated carbocycles. The van der Waals surface area contributed by atoms with Crippen molar-refractivity contribution in [2.45, 2.75) is 13.3 Å². The summed E-state index contributed by atoms with van der Waals surface area (Å²) in [6, 6.07) is 4.62. The molecule has 0 aliphatic rings. The zero-order valence-electron chi connectivity index (χ0n) is 11.0. The zero-order chi connectivity index (χ0) is 14.3. The Kier molecular flexibility index (Phi) is 5.66. The van der Waals surface area contributed by atoms with Crippen molar-refractivity contribution in [3.63, 3.8) is 0 Å². The lowest BCUT2D eigenvalue weighted by atomic mass is 10.2. The normalized spacial score (nSPS) is 9.79. The highest BCUT2D eigenvalue weighted by atomic mass is 16.5. The van der Waals surface area contributed by atoms with Gasteiger partial charge in [-0.1, -0.05) is 0 Å². The highest BCUT2D eigenvalue weighted by Crippen LogP contribution is 2.22. The van der Waals surface area contributed by atoms with Gasteiger partial charge in [0.05, 0.1) is 26.7 Å². The van der Waals surface area contributed by atoms with Gasteiger partial charge in [0.25, 0.3) is 0 Å². The second-order valence-electron chi connectivity index (χ2n) is 3.66. The van der Waals surface area contributed by atoms with Crippen LogP contribution in [0.4, 0.5) is 0 Å². The first-order chi connectivity index (χ1) is 9.06. The molecule has 0 atom stereocenters. The van der Waals surface area contributed by atoms with Crippen LogP contribution in [0, 0.1) is 0 Å². The fourth-order valence-electron chi connectivity index (χ4n) is 1.40. The maximum atomic E-state index is 11.1. The summed E-state index contributed by atoms with van der Waals surface area (Å²) >= 11 is 0. The van der Waals surface area contributed by atoms with Crippen LogP contribution in [0.15, 0.2) is 18.2 Å². The van der Waals surface area contributed by atoms with E-state index in [9.17, 15) is 9.59 Å². The second-order valence-corrected chi connectivity index (χ2v) is 3.66. The number of carbonyl (C=O) groups is 2. The van der Waals surface area contributed by atoms with Gasteiger partial charge in [0.2, 0.25) is 5.91 Å². The van der Waals surface area contributed by atoms with Crippen molar-refractivity contribution in [1.82, 2.24) is 0 Å². The number of rotatable bonds is 7. The first-order valence-electron chi connectivity index (χ1n) is 5.84. The number of benzene rings is 1. The number of amides is 1. The molecular formula is C13H17NO5. The first-order valence-corrected chi connectivity index (χ1v) is 5.84. The molecule has 104 valence electrons. The van der Waals surface area contributed by atoms with Crippen molar-refractivity contribution in [3.8, 4) is 11.5 Å². The van der Waals surface area contributed by atoms with Crippen LogP contribution in [-0.4, -0.2) is 32.2 Å². The van der Waals surface area contributed by atoms with Gasteiger partial charge in [0, 0.05) is 11.6 Å². The molecule has 1 rings (SSSR count). The Morgan fingerprint density at radius 3 is 2.47 bits per heavy atom. The molecule has 0 bridgehead atoms. The Hall–Kier alpha value is -2.24. The summed E-state index contributed by atoms with van der Waals surface area (Å²) < 4.78 is 15.2. The van der Waals surface area contributed by atoms with Gasteiger partial charge in [-0.05, 0) is 19.1 Å². The maximum absolute atomic E-state index is 11.1. The number of ether oxygens (including phenoxy) is 3. The molecule has 1 aromatic rings. The van der Waals surface area contributed by atoms with E-state index in [0.29, 0.717) is 18.1 Å². The number of hydrogen-bond donors (Lipinski definition) is 1. The molecule has 2 N–H and O–H groups in total. The van der Waals surface area contributed by atoms with E-state index < -0.39 is 5.91 Å². The van der Waals surface area contributed by atoms with Gasteiger partial charge in [0.15, 0.2) is 0 Å². The summed E-state index contributed by atoms with van der Waals surface area (Å²) in [6.07, 6.45) is 0.136. The molecule has 19 heavy (non-hydrogen) atoms. The van der Waals surface area contributed by atoms with Crippen molar-refractivity contribution in [2.75, 3.05) is 20.3 Å². The van der Waals surface area contributed by atoms with E-state index in [2.05, 4.69) is 0 Å². The van der Waals surface area contributed by atoms with E-state index in [4.69, 9.17) is 19.9 Å². The zero-order valence-corrected chi connectivity index (χ0v) is 11.0. The summed E-state index contributed by atoms with van der Waals surface area (Å²) in [5.41, 5.74) is 5.48. The monoisotopic (exact) mass is 267 g/mol. The molecule has 0 saturated heterocycles. The van der Waals surface area contributed by atoms with Crippen LogP contribution in [0.2, 0.25) is 0 Å². The van der Waals surface area contributed by atoms with Crippen molar-refractivity contribution >= 4 is 11.9 Å². The minimum absolute atomic E-state index is 0.136. The predicted octanol–water partition coefficient (Wildman–Crippen LogP) is 1.13. The molecule has 0 radical (unpaired) electrons. The molecule has 0 unspecified atom stereocenters. The van der Waals surface area contributed by atoms with Gasteiger partial charge in [-0.2, -0.15) is 0 Å². The number of nitrogens with two attached hydrogens (primary N) is 1. The van der Waals surface area contributed by atoms with Crippen LogP contribution in [0.25, 0.3) is 0 Å². The molecule has 0 aromatic heterocycles. The molecular weight excluding hydrogens is 250 g/mol. The van der Waals surface area contributed by atoms with Crippen molar-refractivity contribution in [2.24, 2.45) is 5.73 Å². The summed E-state index contributed by atoms with van der Waals surface area (Å²) in [5.74, 6) is -0.0328. The molecule has 0 fully saturated rings. The number of carbonyl (C=O) groups excluding carboxylic acids is 2. The number of hydrogen-bond acceptors (Lipinski definition) is 5. The first kappa shape index (κ1) is 14.8. The molecule has 0 heterocycles. The molecule has 1 amide bonds. The minimum atomic E-state index is -0.575. The Labute approximate surface area is 111 Å². The molecule has 0 spiro atoms. The Morgan fingerprint density at radius 2 is 1.89 bits per heavy atom. The minimum Gasteiger partial charge on any atom is -0.497 e. The van der Waals surface area contributed by atoms with Gasteiger partial charge in [-0.15, -0.1) is 0 Å². The number of methoxy groups -OCH3 is 1. The number of primary amides is 1.